The number of carbonyl (C=O) groups is 1. The van der Waals surface area contributed by atoms with Gasteiger partial charge in [-0.25, -0.2) is 4.98 Å². The van der Waals surface area contributed by atoms with E-state index in [9.17, 15) is 4.79 Å². The van der Waals surface area contributed by atoms with Crippen LogP contribution in [-0.2, 0) is 0 Å². The van der Waals surface area contributed by atoms with Crippen LogP contribution in [0.4, 0.5) is 5.13 Å². The van der Waals surface area contributed by atoms with Crippen LogP contribution >= 0.6 is 57.5 Å². The summed E-state index contributed by atoms with van der Waals surface area (Å²) in [5.41, 5.74) is 1.01. The molecule has 5 nitrogen and oxygen atoms in total. The molecule has 2 heterocycles. The molecule has 1 aromatic carbocycles. The minimum absolute atomic E-state index is 0.235. The number of methoxy groups -OCH3 is 1. The number of thiophene rings is 1. The van der Waals surface area contributed by atoms with E-state index in [-0.39, 0.29) is 5.91 Å². The van der Waals surface area contributed by atoms with Gasteiger partial charge in [0, 0.05) is 6.54 Å². The van der Waals surface area contributed by atoms with Crippen molar-refractivity contribution in [1.29, 1.82) is 0 Å². The summed E-state index contributed by atoms with van der Waals surface area (Å²) < 4.78 is 7.00. The van der Waals surface area contributed by atoms with Gasteiger partial charge in [-0.05, 0) is 45.3 Å². The first kappa shape index (κ1) is 21.6. The van der Waals surface area contributed by atoms with E-state index in [0.29, 0.717) is 42.2 Å². The van der Waals surface area contributed by atoms with Gasteiger partial charge in [-0.2, -0.15) is 0 Å². The predicted octanol–water partition coefficient (Wildman–Crippen LogP) is 5.93. The standard InChI is InChI=1S/C18H18Cl3N3O2S2/c1-23(2)7-4-8-24(17(25)10-9-13(20)27-16(10)21)18-22-14-12(26-3)6-5-11(19)15(14)28-18/h5-6,9H,4,7-8H2,1-3H3. The van der Waals surface area contributed by atoms with E-state index in [2.05, 4.69) is 9.88 Å². The van der Waals surface area contributed by atoms with E-state index in [1.165, 1.54) is 22.7 Å². The second-order valence-electron chi connectivity index (χ2n) is 6.28. The van der Waals surface area contributed by atoms with Crippen molar-refractivity contribution in [2.75, 3.05) is 39.2 Å². The highest BCUT2D eigenvalue weighted by molar-refractivity contribution is 7.23. The smallest absolute Gasteiger partial charge is 0.262 e. The van der Waals surface area contributed by atoms with Crippen LogP contribution in [0.25, 0.3) is 10.2 Å². The molecule has 0 aliphatic heterocycles. The zero-order chi connectivity index (χ0) is 20.4. The van der Waals surface area contributed by atoms with Crippen molar-refractivity contribution < 1.29 is 9.53 Å². The molecule has 0 saturated heterocycles. The van der Waals surface area contributed by atoms with Gasteiger partial charge in [0.15, 0.2) is 5.13 Å². The largest absolute Gasteiger partial charge is 0.494 e. The number of anilines is 1. The Morgan fingerprint density at radius 1 is 1.18 bits per heavy atom. The summed E-state index contributed by atoms with van der Waals surface area (Å²) in [6, 6.07) is 5.12. The van der Waals surface area contributed by atoms with E-state index in [1.54, 1.807) is 30.2 Å². The lowest BCUT2D eigenvalue weighted by Gasteiger charge is -2.20. The minimum atomic E-state index is -0.235. The molecule has 3 rings (SSSR count). The molecule has 0 bridgehead atoms. The predicted molar refractivity (Wildman–Crippen MR) is 120 cm³/mol. The number of thiazole rings is 1. The summed E-state index contributed by atoms with van der Waals surface area (Å²) in [5, 5.41) is 1.11. The Morgan fingerprint density at radius 3 is 2.54 bits per heavy atom. The minimum Gasteiger partial charge on any atom is -0.494 e. The second kappa shape index (κ2) is 9.15. The third kappa shape index (κ3) is 4.56. The molecule has 3 aromatic rings. The molecule has 0 fully saturated rings. The van der Waals surface area contributed by atoms with Crippen LogP contribution in [0.3, 0.4) is 0 Å². The number of amides is 1. The number of carbonyl (C=O) groups excluding carboxylic acids is 1. The van der Waals surface area contributed by atoms with E-state index < -0.39 is 0 Å². The Labute approximate surface area is 186 Å². The first-order chi connectivity index (χ1) is 13.3. The Kier molecular flexibility index (Phi) is 7.07. The Hall–Kier alpha value is -1.09. The summed E-state index contributed by atoms with van der Waals surface area (Å²) >= 11 is 21.1. The molecule has 0 atom stereocenters. The Morgan fingerprint density at radius 2 is 1.93 bits per heavy atom. The average molecular weight is 479 g/mol. The van der Waals surface area contributed by atoms with Crippen LogP contribution < -0.4 is 9.64 Å². The third-order valence-electron chi connectivity index (χ3n) is 4.02. The second-order valence-corrected chi connectivity index (χ2v) is 9.95. The van der Waals surface area contributed by atoms with Crippen molar-refractivity contribution in [1.82, 2.24) is 9.88 Å². The number of ether oxygens (including phenoxy) is 1. The van der Waals surface area contributed by atoms with Gasteiger partial charge in [-0.1, -0.05) is 46.1 Å². The number of rotatable bonds is 7. The number of hydrogen-bond donors (Lipinski definition) is 0. The maximum absolute atomic E-state index is 13.2. The van der Waals surface area contributed by atoms with Crippen LogP contribution in [0, 0.1) is 0 Å². The van der Waals surface area contributed by atoms with Crippen molar-refractivity contribution in [3.05, 3.63) is 37.5 Å². The molecule has 0 spiro atoms. The normalized spacial score (nSPS) is 11.4. The van der Waals surface area contributed by atoms with E-state index in [4.69, 9.17) is 39.5 Å². The number of aromatic nitrogens is 1. The molecule has 28 heavy (non-hydrogen) atoms. The van der Waals surface area contributed by atoms with E-state index in [1.807, 2.05) is 14.1 Å². The maximum Gasteiger partial charge on any atom is 0.262 e. The average Bonchev–Trinajstić information content (AvgIpc) is 3.22. The number of halogens is 3. The fraction of sp³-hybridized carbons (Fsp3) is 0.333. The van der Waals surface area contributed by atoms with Crippen molar-refractivity contribution in [3.8, 4) is 5.75 Å². The molecule has 0 unspecified atom stereocenters. The van der Waals surface area contributed by atoms with Gasteiger partial charge in [0.05, 0.1) is 26.7 Å². The third-order valence-corrected chi connectivity index (χ3v) is 7.04. The monoisotopic (exact) mass is 477 g/mol. The molecule has 0 aliphatic carbocycles. The van der Waals surface area contributed by atoms with Crippen LogP contribution in [0.2, 0.25) is 13.7 Å². The topological polar surface area (TPSA) is 45.7 Å². The first-order valence-corrected chi connectivity index (χ1v) is 11.1. The summed E-state index contributed by atoms with van der Waals surface area (Å²) in [6.45, 7) is 1.32. The lowest BCUT2D eigenvalue weighted by Crippen LogP contribution is -2.33. The summed E-state index contributed by atoms with van der Waals surface area (Å²) in [5.74, 6) is 0.375. The van der Waals surface area contributed by atoms with Gasteiger partial charge in [0.25, 0.3) is 5.91 Å². The lowest BCUT2D eigenvalue weighted by atomic mass is 10.2. The molecule has 0 saturated carbocycles. The van der Waals surface area contributed by atoms with Gasteiger partial charge in [-0.3, -0.25) is 9.69 Å². The molecular weight excluding hydrogens is 461 g/mol. The Balaban J connectivity index is 2.03. The quantitative estimate of drug-likeness (QED) is 0.422. The van der Waals surface area contributed by atoms with E-state index >= 15 is 0 Å². The molecular formula is C18H18Cl3N3O2S2. The molecule has 10 heteroatoms. The number of nitrogens with zero attached hydrogens (tertiary/aromatic N) is 3. The van der Waals surface area contributed by atoms with Crippen molar-refractivity contribution in [2.24, 2.45) is 0 Å². The van der Waals surface area contributed by atoms with Crippen LogP contribution in [0.15, 0.2) is 18.2 Å². The lowest BCUT2D eigenvalue weighted by molar-refractivity contribution is 0.0986. The van der Waals surface area contributed by atoms with Gasteiger partial charge < -0.3 is 9.64 Å². The highest BCUT2D eigenvalue weighted by Crippen LogP contribution is 2.40. The molecule has 0 aliphatic rings. The highest BCUT2D eigenvalue weighted by atomic mass is 35.5. The van der Waals surface area contributed by atoms with Gasteiger partial charge in [0.1, 0.15) is 15.6 Å². The summed E-state index contributed by atoms with van der Waals surface area (Å²) in [7, 11) is 5.56. The van der Waals surface area contributed by atoms with Crippen molar-refractivity contribution >= 4 is 78.7 Å². The van der Waals surface area contributed by atoms with Gasteiger partial charge in [0.2, 0.25) is 0 Å². The number of hydrogen-bond acceptors (Lipinski definition) is 6. The van der Waals surface area contributed by atoms with Crippen LogP contribution in [0.5, 0.6) is 5.75 Å². The SMILES string of the molecule is COc1ccc(Cl)c2sc(N(CCCN(C)C)C(=O)c3cc(Cl)sc3Cl)nc12. The number of benzene rings is 1. The van der Waals surface area contributed by atoms with Crippen molar-refractivity contribution in [3.63, 3.8) is 0 Å². The molecule has 0 N–H and O–H groups in total. The Bertz CT molecular complexity index is 1000. The fourth-order valence-corrected chi connectivity index (χ4v) is 5.41. The fourth-order valence-electron chi connectivity index (χ4n) is 2.68. The van der Waals surface area contributed by atoms with E-state index in [0.717, 1.165) is 17.7 Å². The maximum atomic E-state index is 13.2. The zero-order valence-corrected chi connectivity index (χ0v) is 19.4. The summed E-state index contributed by atoms with van der Waals surface area (Å²) in [4.78, 5) is 21.6. The highest BCUT2D eigenvalue weighted by Gasteiger charge is 2.26. The van der Waals surface area contributed by atoms with Gasteiger partial charge in [-0.15, -0.1) is 11.3 Å². The molecule has 1 amide bonds. The summed E-state index contributed by atoms with van der Waals surface area (Å²) in [6.07, 6.45) is 0.773. The molecule has 0 radical (unpaired) electrons. The zero-order valence-electron chi connectivity index (χ0n) is 15.5. The van der Waals surface area contributed by atoms with Gasteiger partial charge >= 0.3 is 0 Å². The van der Waals surface area contributed by atoms with Crippen LogP contribution in [0.1, 0.15) is 16.8 Å². The molecule has 150 valence electrons. The number of fused-ring (bicyclic) bond motifs is 1. The first-order valence-electron chi connectivity index (χ1n) is 8.36. The van der Waals surface area contributed by atoms with Crippen LogP contribution in [-0.4, -0.2) is 50.1 Å². The molecule has 2 aromatic heterocycles. The van der Waals surface area contributed by atoms with Crippen molar-refractivity contribution in [2.45, 2.75) is 6.42 Å².